The zero-order chi connectivity index (χ0) is 13.8. The summed E-state index contributed by atoms with van der Waals surface area (Å²) in [6, 6.07) is 13.0. The van der Waals surface area contributed by atoms with Crippen LogP contribution in [0.15, 0.2) is 41.3 Å². The Morgan fingerprint density at radius 2 is 1.95 bits per heavy atom. The molecule has 1 aliphatic heterocycles. The van der Waals surface area contributed by atoms with Gasteiger partial charge in [0.25, 0.3) is 0 Å². The Morgan fingerprint density at radius 1 is 1.10 bits per heavy atom. The highest BCUT2D eigenvalue weighted by Crippen LogP contribution is 2.31. The predicted octanol–water partition coefficient (Wildman–Crippen LogP) is 3.98. The van der Waals surface area contributed by atoms with Crippen LogP contribution >= 0.6 is 0 Å². The molecule has 1 heterocycles. The van der Waals surface area contributed by atoms with Gasteiger partial charge in [-0.05, 0) is 43.4 Å². The minimum absolute atomic E-state index is 0.329. The first-order chi connectivity index (χ1) is 9.88. The average Bonchev–Trinajstić information content (AvgIpc) is 3.01. The summed E-state index contributed by atoms with van der Waals surface area (Å²) in [6.07, 6.45) is 2.75. The average molecular weight is 289 g/mol. The molecule has 0 aliphatic carbocycles. The Kier molecular flexibility index (Phi) is 4.48. The summed E-state index contributed by atoms with van der Waals surface area (Å²) < 4.78 is 10.9. The maximum atomic E-state index is 5.65. The summed E-state index contributed by atoms with van der Waals surface area (Å²) in [6.45, 7) is 2.99. The number of fused-ring (bicyclic) bond motifs is 1. The van der Waals surface area contributed by atoms with E-state index in [4.69, 9.17) is 9.47 Å². The van der Waals surface area contributed by atoms with Gasteiger partial charge in [-0.2, -0.15) is 0 Å². The third kappa shape index (κ3) is 2.94. The highest BCUT2D eigenvalue weighted by molar-refractivity contribution is 7.97. The van der Waals surface area contributed by atoms with Gasteiger partial charge in [-0.1, -0.05) is 18.2 Å². The molecule has 0 radical (unpaired) electrons. The molecule has 2 aromatic carbocycles. The lowest BCUT2D eigenvalue weighted by molar-refractivity contribution is 0.0225. The van der Waals surface area contributed by atoms with E-state index in [1.54, 1.807) is 0 Å². The molecule has 2 aromatic rings. The second kappa shape index (κ2) is 6.51. The largest absolute Gasteiger partial charge is 0.468 e. The van der Waals surface area contributed by atoms with E-state index < -0.39 is 0 Å². The first-order valence-electron chi connectivity index (χ1n) is 7.29. The van der Waals surface area contributed by atoms with Crippen molar-refractivity contribution >= 4 is 21.7 Å². The molecule has 0 N–H and O–H groups in total. The van der Waals surface area contributed by atoms with Crippen LogP contribution in [0.5, 0.6) is 5.75 Å². The maximum absolute atomic E-state index is 5.65. The normalized spacial score (nSPS) is 15.8. The van der Waals surface area contributed by atoms with E-state index in [0.717, 1.165) is 5.75 Å². The van der Waals surface area contributed by atoms with Gasteiger partial charge in [0.05, 0.1) is 0 Å². The number of hydrogen-bond acceptors (Lipinski definition) is 2. The van der Waals surface area contributed by atoms with E-state index in [9.17, 15) is 0 Å². The molecule has 0 unspecified atom stereocenters. The number of ether oxygens (including phenoxy) is 2. The molecule has 2 nitrogen and oxygen atoms in total. The van der Waals surface area contributed by atoms with E-state index in [-0.39, 0.29) is 0 Å². The lowest BCUT2D eigenvalue weighted by Gasteiger charge is -2.09. The molecule has 0 atom stereocenters. The summed E-state index contributed by atoms with van der Waals surface area (Å²) >= 11 is 0. The number of hydrogen-bond donors (Lipinski definition) is 0. The van der Waals surface area contributed by atoms with Crippen molar-refractivity contribution in [2.45, 2.75) is 24.7 Å². The molecule has 0 bridgehead atoms. The standard InChI is InChI=1S/C17H21O2S/c1-2-18-13-19-15-9-8-14-6-5-7-17(16(14)12-15)20-10-3-4-11-20/h5-9,12H,2-4,10-11,13H2,1H3/q+1. The van der Waals surface area contributed by atoms with Crippen molar-refractivity contribution in [3.8, 4) is 5.75 Å². The molecular weight excluding hydrogens is 268 g/mol. The predicted molar refractivity (Wildman–Crippen MR) is 85.7 cm³/mol. The first-order valence-corrected chi connectivity index (χ1v) is 8.85. The Balaban J connectivity index is 1.91. The van der Waals surface area contributed by atoms with Crippen LogP contribution in [0.4, 0.5) is 0 Å². The van der Waals surface area contributed by atoms with E-state index in [2.05, 4.69) is 30.3 Å². The van der Waals surface area contributed by atoms with Crippen LogP contribution in [-0.4, -0.2) is 24.9 Å². The molecule has 1 aliphatic rings. The molecule has 20 heavy (non-hydrogen) atoms. The lowest BCUT2D eigenvalue weighted by atomic mass is 10.1. The molecule has 0 spiro atoms. The number of benzene rings is 2. The second-order valence-corrected chi connectivity index (χ2v) is 7.24. The minimum atomic E-state index is 0.329. The molecule has 0 aromatic heterocycles. The van der Waals surface area contributed by atoms with Crippen molar-refractivity contribution in [2.24, 2.45) is 0 Å². The summed E-state index contributed by atoms with van der Waals surface area (Å²) in [5, 5.41) is 2.66. The van der Waals surface area contributed by atoms with E-state index in [1.165, 1.54) is 40.0 Å². The molecule has 3 rings (SSSR count). The Hall–Kier alpha value is -1.19. The summed E-state index contributed by atoms with van der Waals surface area (Å²) in [4.78, 5) is 1.52. The molecule has 1 saturated heterocycles. The zero-order valence-electron chi connectivity index (χ0n) is 11.9. The first kappa shape index (κ1) is 13.8. The van der Waals surface area contributed by atoms with Gasteiger partial charge in [0.2, 0.25) is 0 Å². The van der Waals surface area contributed by atoms with Crippen molar-refractivity contribution < 1.29 is 9.47 Å². The van der Waals surface area contributed by atoms with Crippen molar-refractivity contribution in [3.63, 3.8) is 0 Å². The Bertz CT molecular complexity index is 576. The Morgan fingerprint density at radius 3 is 2.75 bits per heavy atom. The molecular formula is C17H21O2S+. The van der Waals surface area contributed by atoms with Crippen LogP contribution < -0.4 is 4.74 Å². The van der Waals surface area contributed by atoms with Crippen LogP contribution in [-0.2, 0) is 15.6 Å². The van der Waals surface area contributed by atoms with Gasteiger partial charge >= 0.3 is 0 Å². The minimum Gasteiger partial charge on any atom is -0.468 e. The molecule has 0 saturated carbocycles. The van der Waals surface area contributed by atoms with E-state index >= 15 is 0 Å². The summed E-state index contributed by atoms with van der Waals surface area (Å²) in [7, 11) is 0.432. The monoisotopic (exact) mass is 289 g/mol. The zero-order valence-corrected chi connectivity index (χ0v) is 12.7. The smallest absolute Gasteiger partial charge is 0.189 e. The van der Waals surface area contributed by atoms with Gasteiger partial charge in [-0.3, -0.25) is 0 Å². The van der Waals surface area contributed by atoms with Crippen LogP contribution in [0.25, 0.3) is 10.8 Å². The topological polar surface area (TPSA) is 18.5 Å². The van der Waals surface area contributed by atoms with Gasteiger partial charge in [0.1, 0.15) is 17.3 Å². The second-order valence-electron chi connectivity index (χ2n) is 5.00. The van der Waals surface area contributed by atoms with Crippen LogP contribution in [0, 0.1) is 0 Å². The van der Waals surface area contributed by atoms with Crippen LogP contribution in [0.1, 0.15) is 19.8 Å². The molecule has 1 fully saturated rings. The maximum Gasteiger partial charge on any atom is 0.189 e. The van der Waals surface area contributed by atoms with Crippen molar-refractivity contribution in [3.05, 3.63) is 36.4 Å². The van der Waals surface area contributed by atoms with E-state index in [0.29, 0.717) is 24.3 Å². The fourth-order valence-corrected chi connectivity index (χ4v) is 5.14. The van der Waals surface area contributed by atoms with Crippen molar-refractivity contribution in [1.29, 1.82) is 0 Å². The van der Waals surface area contributed by atoms with Crippen molar-refractivity contribution in [2.75, 3.05) is 24.9 Å². The number of rotatable bonds is 5. The van der Waals surface area contributed by atoms with Crippen LogP contribution in [0.2, 0.25) is 0 Å². The highest BCUT2D eigenvalue weighted by atomic mass is 32.2. The summed E-state index contributed by atoms with van der Waals surface area (Å²) in [5.41, 5.74) is 0. The lowest BCUT2D eigenvalue weighted by Crippen LogP contribution is -2.05. The Labute approximate surface area is 123 Å². The third-order valence-electron chi connectivity index (χ3n) is 3.67. The third-order valence-corrected chi connectivity index (χ3v) is 6.21. The van der Waals surface area contributed by atoms with Gasteiger partial charge in [-0.15, -0.1) is 0 Å². The van der Waals surface area contributed by atoms with Gasteiger partial charge in [0.15, 0.2) is 11.7 Å². The highest BCUT2D eigenvalue weighted by Gasteiger charge is 2.28. The van der Waals surface area contributed by atoms with Crippen LogP contribution in [0.3, 0.4) is 0 Å². The molecule has 0 amide bonds. The van der Waals surface area contributed by atoms with Gasteiger partial charge in [-0.25, -0.2) is 0 Å². The fraction of sp³-hybridized carbons (Fsp3) is 0.412. The van der Waals surface area contributed by atoms with E-state index in [1.807, 2.05) is 13.0 Å². The summed E-state index contributed by atoms with van der Waals surface area (Å²) in [5.74, 6) is 3.60. The van der Waals surface area contributed by atoms with Crippen molar-refractivity contribution in [1.82, 2.24) is 0 Å². The van der Waals surface area contributed by atoms with Gasteiger partial charge < -0.3 is 9.47 Å². The van der Waals surface area contributed by atoms with Gasteiger partial charge in [0, 0.05) is 22.9 Å². The molecule has 3 heteroatoms. The molecule has 106 valence electrons. The quantitative estimate of drug-likeness (QED) is 0.471. The SMILES string of the molecule is CCOCOc1ccc2cccc([S+]3CCCC3)c2c1. The fourth-order valence-electron chi connectivity index (χ4n) is 2.63.